The predicted octanol–water partition coefficient (Wildman–Crippen LogP) is 3.37. The third kappa shape index (κ3) is 2.27. The normalized spacial score (nSPS) is 16.6. The van der Waals surface area contributed by atoms with Gasteiger partial charge in [-0.2, -0.15) is 0 Å². The lowest BCUT2D eigenvalue weighted by atomic mass is 9.75. The molecule has 0 saturated carbocycles. The Kier molecular flexibility index (Phi) is 2.97. The number of ketones is 2. The van der Waals surface area contributed by atoms with Crippen LogP contribution in [0.4, 0.5) is 0 Å². The summed E-state index contributed by atoms with van der Waals surface area (Å²) in [4.78, 5) is 24.9. The first kappa shape index (κ1) is 13.6. The molecule has 0 amide bonds. The Bertz CT molecular complexity index is 723. The topological polar surface area (TPSA) is 67.5 Å². The zero-order valence-corrected chi connectivity index (χ0v) is 12.0. The maximum Gasteiger partial charge on any atom is 0.294 e. The number of benzene rings is 1. The molecule has 4 nitrogen and oxygen atoms in total. The first-order valence-electron chi connectivity index (χ1n) is 6.87. The van der Waals surface area contributed by atoms with Gasteiger partial charge in [-0.15, -0.1) is 0 Å². The summed E-state index contributed by atoms with van der Waals surface area (Å²) in [5.41, 5.74) is 0.452. The molecule has 1 aliphatic carbocycles. The van der Waals surface area contributed by atoms with Gasteiger partial charge in [-0.25, -0.2) is 0 Å². The van der Waals surface area contributed by atoms with Crippen molar-refractivity contribution in [3.8, 4) is 5.95 Å². The summed E-state index contributed by atoms with van der Waals surface area (Å²) in [6.45, 7) is 3.93. The summed E-state index contributed by atoms with van der Waals surface area (Å²) in [7, 11) is 0. The third-order valence-electron chi connectivity index (χ3n) is 3.78. The highest BCUT2D eigenvalue weighted by Crippen LogP contribution is 2.41. The molecule has 1 aromatic heterocycles. The van der Waals surface area contributed by atoms with Crippen molar-refractivity contribution in [2.45, 2.75) is 26.7 Å². The molecular formula is C17H16O4. The maximum atomic E-state index is 12.5. The molecule has 0 radical (unpaired) electrons. The van der Waals surface area contributed by atoms with Gasteiger partial charge in [-0.3, -0.25) is 9.59 Å². The lowest BCUT2D eigenvalue weighted by Crippen LogP contribution is -2.27. The van der Waals surface area contributed by atoms with Gasteiger partial charge in [0.15, 0.2) is 5.78 Å². The minimum absolute atomic E-state index is 0.00306. The molecule has 0 fully saturated rings. The molecule has 2 aromatic rings. The summed E-state index contributed by atoms with van der Waals surface area (Å²) < 4.78 is 5.30. The zero-order chi connectivity index (χ0) is 15.2. The van der Waals surface area contributed by atoms with E-state index in [1.54, 1.807) is 30.3 Å². The lowest BCUT2D eigenvalue weighted by molar-refractivity contribution is 0.0896. The molecule has 4 heteroatoms. The van der Waals surface area contributed by atoms with Gasteiger partial charge in [-0.05, 0) is 5.41 Å². The van der Waals surface area contributed by atoms with Crippen LogP contribution in [0.25, 0.3) is 0 Å². The standard InChI is InChI=1S/C17H16O4/c1-17(2)8-11(18)13-12(9-17)21-16(20)14(13)15(19)10-6-4-3-5-7-10/h3-7,20H,8-9H2,1-2H3. The molecule has 1 aromatic carbocycles. The number of hydrogen-bond acceptors (Lipinski definition) is 4. The second kappa shape index (κ2) is 4.58. The van der Waals surface area contributed by atoms with Gasteiger partial charge in [0.05, 0.1) is 5.56 Å². The highest BCUT2D eigenvalue weighted by molar-refractivity contribution is 6.17. The van der Waals surface area contributed by atoms with Crippen molar-refractivity contribution in [3.63, 3.8) is 0 Å². The van der Waals surface area contributed by atoms with Crippen molar-refractivity contribution in [1.82, 2.24) is 0 Å². The van der Waals surface area contributed by atoms with Crippen LogP contribution >= 0.6 is 0 Å². The smallest absolute Gasteiger partial charge is 0.294 e. The van der Waals surface area contributed by atoms with E-state index in [9.17, 15) is 14.7 Å². The molecule has 0 aliphatic heterocycles. The molecule has 3 rings (SSSR count). The molecule has 1 heterocycles. The fourth-order valence-corrected chi connectivity index (χ4v) is 2.85. The number of rotatable bonds is 2. The molecule has 0 bridgehead atoms. The van der Waals surface area contributed by atoms with Crippen LogP contribution < -0.4 is 0 Å². The third-order valence-corrected chi connectivity index (χ3v) is 3.78. The van der Waals surface area contributed by atoms with Crippen LogP contribution in [0.3, 0.4) is 0 Å². The van der Waals surface area contributed by atoms with Crippen molar-refractivity contribution in [3.05, 3.63) is 52.8 Å². The zero-order valence-electron chi connectivity index (χ0n) is 12.0. The fourth-order valence-electron chi connectivity index (χ4n) is 2.85. The van der Waals surface area contributed by atoms with E-state index in [1.165, 1.54) is 0 Å². The van der Waals surface area contributed by atoms with E-state index in [0.29, 0.717) is 24.2 Å². The van der Waals surface area contributed by atoms with Crippen molar-refractivity contribution in [2.24, 2.45) is 5.41 Å². The van der Waals surface area contributed by atoms with E-state index < -0.39 is 5.95 Å². The van der Waals surface area contributed by atoms with Crippen LogP contribution in [0, 0.1) is 5.41 Å². The molecule has 0 spiro atoms. The Morgan fingerprint density at radius 1 is 1.19 bits per heavy atom. The largest absolute Gasteiger partial charge is 0.480 e. The summed E-state index contributed by atoms with van der Waals surface area (Å²) in [5, 5.41) is 9.98. The van der Waals surface area contributed by atoms with E-state index >= 15 is 0 Å². The molecule has 0 saturated heterocycles. The van der Waals surface area contributed by atoms with E-state index in [-0.39, 0.29) is 28.1 Å². The summed E-state index contributed by atoms with van der Waals surface area (Å²) in [5.74, 6) is -0.580. The lowest BCUT2D eigenvalue weighted by Gasteiger charge is -2.27. The quantitative estimate of drug-likeness (QED) is 0.858. The summed E-state index contributed by atoms with van der Waals surface area (Å²) in [6.07, 6.45) is 0.873. The van der Waals surface area contributed by atoms with Gasteiger partial charge in [-0.1, -0.05) is 44.2 Å². The van der Waals surface area contributed by atoms with Crippen molar-refractivity contribution >= 4 is 11.6 Å². The molecule has 108 valence electrons. The Balaban J connectivity index is 2.12. The number of Topliss-reactive ketones (excluding diaryl/α,β-unsaturated/α-hetero) is 1. The Labute approximate surface area is 122 Å². The number of aromatic hydroxyl groups is 1. The van der Waals surface area contributed by atoms with Crippen LogP contribution in [0.5, 0.6) is 5.95 Å². The second-order valence-electron chi connectivity index (χ2n) is 6.22. The number of furan rings is 1. The van der Waals surface area contributed by atoms with Crippen molar-refractivity contribution in [2.75, 3.05) is 0 Å². The van der Waals surface area contributed by atoms with Gasteiger partial charge in [0, 0.05) is 18.4 Å². The Morgan fingerprint density at radius 3 is 2.52 bits per heavy atom. The van der Waals surface area contributed by atoms with Gasteiger partial charge in [0.25, 0.3) is 5.95 Å². The van der Waals surface area contributed by atoms with Crippen molar-refractivity contribution < 1.29 is 19.1 Å². The molecule has 0 unspecified atom stereocenters. The van der Waals surface area contributed by atoms with Crippen LogP contribution in [-0.4, -0.2) is 16.7 Å². The highest BCUT2D eigenvalue weighted by atomic mass is 16.5. The monoisotopic (exact) mass is 284 g/mol. The van der Waals surface area contributed by atoms with Gasteiger partial charge in [0.1, 0.15) is 11.3 Å². The summed E-state index contributed by atoms with van der Waals surface area (Å²) >= 11 is 0. The average molecular weight is 284 g/mol. The van der Waals surface area contributed by atoms with Crippen molar-refractivity contribution in [1.29, 1.82) is 0 Å². The SMILES string of the molecule is CC1(C)CC(=O)c2c(oc(O)c2C(=O)c2ccccc2)C1. The molecule has 0 atom stereocenters. The number of hydrogen-bond donors (Lipinski definition) is 1. The Morgan fingerprint density at radius 2 is 1.86 bits per heavy atom. The van der Waals surface area contributed by atoms with E-state index in [2.05, 4.69) is 0 Å². The molecule has 1 N–H and O–H groups in total. The van der Waals surface area contributed by atoms with Crippen LogP contribution in [-0.2, 0) is 6.42 Å². The van der Waals surface area contributed by atoms with E-state index in [1.807, 2.05) is 13.8 Å². The van der Waals surface area contributed by atoms with Gasteiger partial charge >= 0.3 is 0 Å². The van der Waals surface area contributed by atoms with Gasteiger partial charge in [0.2, 0.25) is 5.78 Å². The molecular weight excluding hydrogens is 268 g/mol. The van der Waals surface area contributed by atoms with E-state index in [0.717, 1.165) is 0 Å². The van der Waals surface area contributed by atoms with Crippen LogP contribution in [0.2, 0.25) is 0 Å². The maximum absolute atomic E-state index is 12.5. The molecule has 21 heavy (non-hydrogen) atoms. The highest BCUT2D eigenvalue weighted by Gasteiger charge is 2.39. The van der Waals surface area contributed by atoms with Crippen LogP contribution in [0.15, 0.2) is 34.7 Å². The van der Waals surface area contributed by atoms with Gasteiger partial charge < -0.3 is 9.52 Å². The minimum Gasteiger partial charge on any atom is -0.480 e. The average Bonchev–Trinajstić information content (AvgIpc) is 2.73. The number of carbonyl (C=O) groups excluding carboxylic acids is 2. The number of fused-ring (bicyclic) bond motifs is 1. The number of carbonyl (C=O) groups is 2. The minimum atomic E-state index is -0.458. The predicted molar refractivity (Wildman–Crippen MR) is 76.7 cm³/mol. The fraction of sp³-hybridized carbons (Fsp3) is 0.294. The Hall–Kier alpha value is -2.36. The first-order valence-corrected chi connectivity index (χ1v) is 6.87. The first-order chi connectivity index (χ1) is 9.89. The molecule has 1 aliphatic rings. The summed E-state index contributed by atoms with van der Waals surface area (Å²) in [6, 6.07) is 8.58. The van der Waals surface area contributed by atoms with E-state index in [4.69, 9.17) is 4.42 Å². The van der Waals surface area contributed by atoms with Crippen LogP contribution in [0.1, 0.15) is 52.3 Å². The second-order valence-corrected chi connectivity index (χ2v) is 6.22.